The molecule has 0 spiro atoms. The van der Waals surface area contributed by atoms with Crippen LogP contribution >= 0.6 is 0 Å². The monoisotopic (exact) mass is 160 g/mol. The van der Waals surface area contributed by atoms with Crippen LogP contribution in [0.25, 0.3) is 0 Å². The third kappa shape index (κ3) is 1.70. The van der Waals surface area contributed by atoms with E-state index in [0.29, 0.717) is 6.42 Å². The van der Waals surface area contributed by atoms with E-state index in [-0.39, 0.29) is 24.4 Å². The number of esters is 1. The summed E-state index contributed by atoms with van der Waals surface area (Å²) in [4.78, 5) is 10.8. The van der Waals surface area contributed by atoms with Gasteiger partial charge in [-0.25, -0.2) is 0 Å². The highest BCUT2D eigenvalue weighted by Crippen LogP contribution is 2.41. The van der Waals surface area contributed by atoms with Crippen molar-refractivity contribution in [1.82, 2.24) is 0 Å². The number of aliphatic hydroxyl groups is 2. The predicted octanol–water partition coefficient (Wildman–Crippen LogP) is -0.851. The molecule has 0 aromatic rings. The molecule has 0 heterocycles. The molecule has 1 fully saturated rings. The maximum atomic E-state index is 10.8. The van der Waals surface area contributed by atoms with E-state index < -0.39 is 6.10 Å². The first-order valence-corrected chi connectivity index (χ1v) is 3.57. The summed E-state index contributed by atoms with van der Waals surface area (Å²) in [6.45, 7) is -0.280. The number of carbonyl (C=O) groups excluding carboxylic acids is 1. The Morgan fingerprint density at radius 3 is 2.91 bits per heavy atom. The summed E-state index contributed by atoms with van der Waals surface area (Å²) in [6.07, 6.45) is -0.131. The van der Waals surface area contributed by atoms with Crippen LogP contribution in [-0.2, 0) is 9.53 Å². The summed E-state index contributed by atoms with van der Waals surface area (Å²) in [5, 5.41) is 17.6. The smallest absolute Gasteiger partial charge is 0.309 e. The van der Waals surface area contributed by atoms with Gasteiger partial charge in [0.2, 0.25) is 0 Å². The Labute approximate surface area is 64.8 Å². The molecule has 0 amide bonds. The van der Waals surface area contributed by atoms with E-state index in [9.17, 15) is 4.79 Å². The second kappa shape index (κ2) is 3.19. The molecule has 0 saturated heterocycles. The lowest BCUT2D eigenvalue weighted by molar-refractivity contribution is -0.143. The van der Waals surface area contributed by atoms with Crippen molar-refractivity contribution in [3.05, 3.63) is 0 Å². The van der Waals surface area contributed by atoms with Gasteiger partial charge in [0.05, 0.1) is 25.7 Å². The highest BCUT2D eigenvalue weighted by molar-refractivity contribution is 5.75. The Bertz CT molecular complexity index is 157. The molecular weight excluding hydrogens is 148 g/mol. The van der Waals surface area contributed by atoms with Crippen LogP contribution in [0.1, 0.15) is 6.42 Å². The predicted molar refractivity (Wildman–Crippen MR) is 36.7 cm³/mol. The van der Waals surface area contributed by atoms with Gasteiger partial charge in [-0.3, -0.25) is 4.79 Å². The molecule has 1 rings (SSSR count). The highest BCUT2D eigenvalue weighted by Gasteiger charge is 2.47. The van der Waals surface area contributed by atoms with Crippen molar-refractivity contribution >= 4 is 5.97 Å². The molecule has 1 aliphatic carbocycles. The number of hydrogen-bond acceptors (Lipinski definition) is 4. The molecule has 0 bridgehead atoms. The summed E-state index contributed by atoms with van der Waals surface area (Å²) in [5.74, 6) is -0.572. The third-order valence-electron chi connectivity index (χ3n) is 2.03. The van der Waals surface area contributed by atoms with E-state index in [1.165, 1.54) is 7.11 Å². The van der Waals surface area contributed by atoms with E-state index in [1.807, 2.05) is 0 Å². The Balaban J connectivity index is 2.31. The van der Waals surface area contributed by atoms with Crippen LogP contribution in [0.4, 0.5) is 0 Å². The Hall–Kier alpha value is -0.610. The van der Waals surface area contributed by atoms with Gasteiger partial charge in [-0.1, -0.05) is 0 Å². The van der Waals surface area contributed by atoms with E-state index >= 15 is 0 Å². The van der Waals surface area contributed by atoms with Crippen LogP contribution in [0.3, 0.4) is 0 Å². The van der Waals surface area contributed by atoms with Crippen LogP contribution in [-0.4, -0.2) is 36.0 Å². The zero-order valence-electron chi connectivity index (χ0n) is 6.36. The van der Waals surface area contributed by atoms with Crippen molar-refractivity contribution in [2.24, 2.45) is 11.8 Å². The van der Waals surface area contributed by atoms with Crippen molar-refractivity contribution in [3.8, 4) is 0 Å². The SMILES string of the molecule is COC(=O)[C@H]1C[C@@H]1[C@H](O)CO. The zero-order valence-corrected chi connectivity index (χ0v) is 6.36. The number of methoxy groups -OCH3 is 1. The van der Waals surface area contributed by atoms with Gasteiger partial charge in [0, 0.05) is 5.92 Å². The molecule has 1 aliphatic rings. The summed E-state index contributed by atoms with van der Waals surface area (Å²) >= 11 is 0. The minimum Gasteiger partial charge on any atom is -0.469 e. The maximum Gasteiger partial charge on any atom is 0.309 e. The summed E-state index contributed by atoms with van der Waals surface area (Å²) in [6, 6.07) is 0. The van der Waals surface area contributed by atoms with Gasteiger partial charge < -0.3 is 14.9 Å². The molecule has 2 N–H and O–H groups in total. The van der Waals surface area contributed by atoms with Crippen molar-refractivity contribution in [1.29, 1.82) is 0 Å². The fourth-order valence-electron chi connectivity index (χ4n) is 1.20. The van der Waals surface area contributed by atoms with Crippen LogP contribution in [0.5, 0.6) is 0 Å². The molecule has 0 unspecified atom stereocenters. The Morgan fingerprint density at radius 2 is 2.45 bits per heavy atom. The lowest BCUT2D eigenvalue weighted by Gasteiger charge is -2.03. The van der Waals surface area contributed by atoms with Crippen LogP contribution < -0.4 is 0 Å². The van der Waals surface area contributed by atoms with Gasteiger partial charge in [-0.2, -0.15) is 0 Å². The summed E-state index contributed by atoms with van der Waals surface area (Å²) in [7, 11) is 1.32. The van der Waals surface area contributed by atoms with Crippen molar-refractivity contribution < 1.29 is 19.7 Å². The fraction of sp³-hybridized carbons (Fsp3) is 0.857. The number of hydrogen-bond donors (Lipinski definition) is 2. The van der Waals surface area contributed by atoms with E-state index in [1.54, 1.807) is 0 Å². The minimum atomic E-state index is -0.765. The molecule has 4 heteroatoms. The Morgan fingerprint density at radius 1 is 1.82 bits per heavy atom. The van der Waals surface area contributed by atoms with E-state index in [2.05, 4.69) is 4.74 Å². The molecule has 0 aromatic heterocycles. The van der Waals surface area contributed by atoms with Gasteiger partial charge in [-0.15, -0.1) is 0 Å². The van der Waals surface area contributed by atoms with Gasteiger partial charge in [0.15, 0.2) is 0 Å². The Kier molecular flexibility index (Phi) is 2.46. The molecule has 64 valence electrons. The van der Waals surface area contributed by atoms with Gasteiger partial charge >= 0.3 is 5.97 Å². The largest absolute Gasteiger partial charge is 0.469 e. The summed E-state index contributed by atoms with van der Waals surface area (Å²) in [5.41, 5.74) is 0. The van der Waals surface area contributed by atoms with Crippen LogP contribution in [0.15, 0.2) is 0 Å². The number of aliphatic hydroxyl groups excluding tert-OH is 2. The lowest BCUT2D eigenvalue weighted by atomic mass is 10.2. The average molecular weight is 160 g/mol. The number of rotatable bonds is 3. The molecule has 4 nitrogen and oxygen atoms in total. The molecular formula is C7H12O4. The number of ether oxygens (including phenoxy) is 1. The van der Waals surface area contributed by atoms with Gasteiger partial charge in [0.25, 0.3) is 0 Å². The first-order valence-electron chi connectivity index (χ1n) is 3.57. The van der Waals surface area contributed by atoms with E-state index in [4.69, 9.17) is 10.2 Å². The highest BCUT2D eigenvalue weighted by atomic mass is 16.5. The van der Waals surface area contributed by atoms with Crippen molar-refractivity contribution in [2.75, 3.05) is 13.7 Å². The fourth-order valence-corrected chi connectivity index (χ4v) is 1.20. The standard InChI is InChI=1S/C7H12O4/c1-11-7(10)5-2-4(5)6(9)3-8/h4-6,8-9H,2-3H2,1H3/t4-,5-,6+/m0/s1. The second-order valence-electron chi connectivity index (χ2n) is 2.78. The van der Waals surface area contributed by atoms with Gasteiger partial charge in [0.1, 0.15) is 0 Å². The molecule has 0 radical (unpaired) electrons. The van der Waals surface area contributed by atoms with E-state index in [0.717, 1.165) is 0 Å². The maximum absolute atomic E-state index is 10.8. The first-order chi connectivity index (χ1) is 5.20. The molecule has 3 atom stereocenters. The van der Waals surface area contributed by atoms with Crippen LogP contribution in [0, 0.1) is 11.8 Å². The van der Waals surface area contributed by atoms with Crippen LogP contribution in [0.2, 0.25) is 0 Å². The quantitative estimate of drug-likeness (QED) is 0.528. The average Bonchev–Trinajstić information content (AvgIpc) is 2.80. The first kappa shape index (κ1) is 8.49. The van der Waals surface area contributed by atoms with Crippen molar-refractivity contribution in [2.45, 2.75) is 12.5 Å². The molecule has 11 heavy (non-hydrogen) atoms. The topological polar surface area (TPSA) is 66.8 Å². The zero-order chi connectivity index (χ0) is 8.43. The minimum absolute atomic E-state index is 0.0903. The third-order valence-corrected chi connectivity index (χ3v) is 2.03. The number of carbonyl (C=O) groups is 1. The lowest BCUT2D eigenvalue weighted by Crippen LogP contribution is -2.18. The normalized spacial score (nSPS) is 31.2. The summed E-state index contributed by atoms with van der Waals surface area (Å²) < 4.78 is 4.47. The molecule has 1 saturated carbocycles. The van der Waals surface area contributed by atoms with Crippen molar-refractivity contribution in [3.63, 3.8) is 0 Å². The molecule has 0 aliphatic heterocycles. The second-order valence-corrected chi connectivity index (χ2v) is 2.78. The molecule has 0 aromatic carbocycles. The van der Waals surface area contributed by atoms with Gasteiger partial charge in [-0.05, 0) is 6.42 Å².